The van der Waals surface area contributed by atoms with Gasteiger partial charge in [0.25, 0.3) is 0 Å². The fourth-order valence-electron chi connectivity index (χ4n) is 1.47. The van der Waals surface area contributed by atoms with Crippen molar-refractivity contribution in [2.45, 2.75) is 12.8 Å². The number of ether oxygens (including phenoxy) is 2. The average Bonchev–Trinajstić information content (AvgIpc) is 2.42. The highest BCUT2D eigenvalue weighted by Crippen LogP contribution is 2.28. The number of aliphatic hydroxyl groups excluding tert-OH is 1. The number of methoxy groups -OCH3 is 1. The van der Waals surface area contributed by atoms with Gasteiger partial charge in [0.2, 0.25) is 0 Å². The van der Waals surface area contributed by atoms with Crippen molar-refractivity contribution in [2.75, 3.05) is 20.3 Å². The van der Waals surface area contributed by atoms with Crippen LogP contribution < -0.4 is 9.47 Å². The Kier molecular flexibility index (Phi) is 6.46. The second-order valence-corrected chi connectivity index (χ2v) is 3.86. The van der Waals surface area contributed by atoms with Gasteiger partial charge in [0, 0.05) is 12.7 Å². The molecule has 0 spiro atoms. The molecule has 5 nitrogen and oxygen atoms in total. The summed E-state index contributed by atoms with van der Waals surface area (Å²) in [7, 11) is 1.53. The molecule has 0 fully saturated rings. The van der Waals surface area contributed by atoms with Gasteiger partial charge in [0.15, 0.2) is 11.5 Å². The molecule has 0 amide bonds. The number of carboxylic acid groups (broad SMARTS) is 1. The van der Waals surface area contributed by atoms with E-state index >= 15 is 0 Å². The number of aliphatic hydroxyl groups is 1. The summed E-state index contributed by atoms with van der Waals surface area (Å²) in [6, 6.07) is 5.20. The molecular formula is C14H18O5. The number of hydrogen-bond donors (Lipinski definition) is 2. The Labute approximate surface area is 112 Å². The first-order valence-corrected chi connectivity index (χ1v) is 6.00. The molecule has 0 aliphatic rings. The third-order valence-electron chi connectivity index (χ3n) is 2.42. The Morgan fingerprint density at radius 2 is 2.11 bits per heavy atom. The van der Waals surface area contributed by atoms with E-state index in [1.165, 1.54) is 13.2 Å². The van der Waals surface area contributed by atoms with Crippen molar-refractivity contribution in [3.8, 4) is 11.5 Å². The quantitative estimate of drug-likeness (QED) is 0.555. The van der Waals surface area contributed by atoms with E-state index in [1.807, 2.05) is 0 Å². The van der Waals surface area contributed by atoms with Crippen LogP contribution in [0, 0.1) is 0 Å². The Morgan fingerprint density at radius 1 is 1.32 bits per heavy atom. The maximum absolute atomic E-state index is 10.4. The molecule has 5 heteroatoms. The van der Waals surface area contributed by atoms with Gasteiger partial charge in [-0.15, -0.1) is 0 Å². The van der Waals surface area contributed by atoms with E-state index in [0.29, 0.717) is 24.5 Å². The maximum atomic E-state index is 10.4. The van der Waals surface area contributed by atoms with E-state index in [2.05, 4.69) is 0 Å². The van der Waals surface area contributed by atoms with Gasteiger partial charge in [-0.3, -0.25) is 0 Å². The largest absolute Gasteiger partial charge is 0.493 e. The van der Waals surface area contributed by atoms with E-state index in [1.54, 1.807) is 18.2 Å². The minimum Gasteiger partial charge on any atom is -0.493 e. The highest BCUT2D eigenvalue weighted by atomic mass is 16.5. The molecule has 1 aromatic rings. The normalized spacial score (nSPS) is 10.6. The standard InChI is InChI=1S/C14H18O5/c1-18-13-10-11(5-7-14(16)17)4-6-12(13)19-9-3-2-8-15/h4-7,10,15H,2-3,8-9H2,1H3,(H,16,17)/b7-5+. The fourth-order valence-corrected chi connectivity index (χ4v) is 1.47. The Morgan fingerprint density at radius 3 is 2.74 bits per heavy atom. The molecular weight excluding hydrogens is 248 g/mol. The van der Waals surface area contributed by atoms with Crippen LogP contribution in [-0.4, -0.2) is 36.5 Å². The summed E-state index contributed by atoms with van der Waals surface area (Å²) in [6.45, 7) is 0.653. The minimum absolute atomic E-state index is 0.152. The summed E-state index contributed by atoms with van der Waals surface area (Å²) < 4.78 is 10.7. The molecule has 0 saturated heterocycles. The summed E-state index contributed by atoms with van der Waals surface area (Å²) >= 11 is 0. The molecule has 19 heavy (non-hydrogen) atoms. The van der Waals surface area contributed by atoms with E-state index in [0.717, 1.165) is 18.1 Å². The Bertz CT molecular complexity index is 439. The lowest BCUT2D eigenvalue weighted by atomic mass is 10.2. The topological polar surface area (TPSA) is 76.0 Å². The summed E-state index contributed by atoms with van der Waals surface area (Å²) in [5.41, 5.74) is 0.724. The van der Waals surface area contributed by atoms with E-state index in [4.69, 9.17) is 19.7 Å². The molecule has 0 aliphatic heterocycles. The number of carbonyl (C=O) groups is 1. The molecule has 104 valence electrons. The van der Waals surface area contributed by atoms with Gasteiger partial charge < -0.3 is 19.7 Å². The minimum atomic E-state index is -0.997. The van der Waals surface area contributed by atoms with Crippen LogP contribution in [-0.2, 0) is 4.79 Å². The number of rotatable bonds is 8. The van der Waals surface area contributed by atoms with Crippen molar-refractivity contribution in [1.29, 1.82) is 0 Å². The second kappa shape index (κ2) is 8.16. The molecule has 0 heterocycles. The zero-order chi connectivity index (χ0) is 14.1. The smallest absolute Gasteiger partial charge is 0.328 e. The van der Waals surface area contributed by atoms with Crippen LogP contribution >= 0.6 is 0 Å². The third-order valence-corrected chi connectivity index (χ3v) is 2.42. The van der Waals surface area contributed by atoms with Gasteiger partial charge >= 0.3 is 5.97 Å². The molecule has 0 atom stereocenters. The maximum Gasteiger partial charge on any atom is 0.328 e. The van der Waals surface area contributed by atoms with Crippen molar-refractivity contribution in [2.24, 2.45) is 0 Å². The summed E-state index contributed by atoms with van der Waals surface area (Å²) in [5, 5.41) is 17.2. The lowest BCUT2D eigenvalue weighted by Gasteiger charge is -2.11. The number of unbranched alkanes of at least 4 members (excludes halogenated alkanes) is 1. The molecule has 0 radical (unpaired) electrons. The Hall–Kier alpha value is -2.01. The molecule has 0 unspecified atom stereocenters. The summed E-state index contributed by atoms with van der Waals surface area (Å²) in [5.74, 6) is 0.160. The first-order chi connectivity index (χ1) is 9.17. The van der Waals surface area contributed by atoms with Crippen molar-refractivity contribution in [3.63, 3.8) is 0 Å². The Balaban J connectivity index is 2.70. The van der Waals surface area contributed by atoms with Crippen molar-refractivity contribution in [1.82, 2.24) is 0 Å². The van der Waals surface area contributed by atoms with Crippen LogP contribution in [0.1, 0.15) is 18.4 Å². The molecule has 1 rings (SSSR count). The summed E-state index contributed by atoms with van der Waals surface area (Å²) in [6.07, 6.45) is 4.01. The molecule has 0 aliphatic carbocycles. The molecule has 0 aromatic heterocycles. The van der Waals surface area contributed by atoms with Crippen molar-refractivity contribution < 1.29 is 24.5 Å². The third kappa shape index (κ3) is 5.44. The predicted octanol–water partition coefficient (Wildman–Crippen LogP) is 1.94. The lowest BCUT2D eigenvalue weighted by Crippen LogP contribution is -2.00. The molecule has 2 N–H and O–H groups in total. The van der Waals surface area contributed by atoms with E-state index in [9.17, 15) is 4.79 Å². The van der Waals surface area contributed by atoms with Gasteiger partial charge in [-0.1, -0.05) is 6.07 Å². The van der Waals surface area contributed by atoms with Gasteiger partial charge in [-0.05, 0) is 36.6 Å². The first-order valence-electron chi connectivity index (χ1n) is 6.00. The monoisotopic (exact) mass is 266 g/mol. The van der Waals surface area contributed by atoms with Crippen LogP contribution in [0.2, 0.25) is 0 Å². The van der Waals surface area contributed by atoms with Gasteiger partial charge in [0.1, 0.15) is 0 Å². The number of benzene rings is 1. The number of aliphatic carboxylic acids is 1. The number of hydrogen-bond acceptors (Lipinski definition) is 4. The lowest BCUT2D eigenvalue weighted by molar-refractivity contribution is -0.131. The predicted molar refractivity (Wildman–Crippen MR) is 71.5 cm³/mol. The molecule has 1 aromatic carbocycles. The zero-order valence-corrected chi connectivity index (χ0v) is 10.8. The number of carboxylic acids is 1. The van der Waals surface area contributed by atoms with Gasteiger partial charge in [-0.2, -0.15) is 0 Å². The van der Waals surface area contributed by atoms with Crippen LogP contribution in [0.5, 0.6) is 11.5 Å². The average molecular weight is 266 g/mol. The van der Waals surface area contributed by atoms with Crippen molar-refractivity contribution in [3.05, 3.63) is 29.8 Å². The van der Waals surface area contributed by atoms with Crippen LogP contribution in [0.4, 0.5) is 0 Å². The second-order valence-electron chi connectivity index (χ2n) is 3.86. The first kappa shape index (κ1) is 15.0. The van der Waals surface area contributed by atoms with Crippen LogP contribution in [0.3, 0.4) is 0 Å². The van der Waals surface area contributed by atoms with E-state index < -0.39 is 5.97 Å². The fraction of sp³-hybridized carbons (Fsp3) is 0.357. The highest BCUT2D eigenvalue weighted by molar-refractivity contribution is 5.85. The summed E-state index contributed by atoms with van der Waals surface area (Å²) in [4.78, 5) is 10.4. The van der Waals surface area contributed by atoms with Crippen molar-refractivity contribution >= 4 is 12.0 Å². The highest BCUT2D eigenvalue weighted by Gasteiger charge is 2.04. The molecule has 0 saturated carbocycles. The molecule has 0 bridgehead atoms. The van der Waals surface area contributed by atoms with E-state index in [-0.39, 0.29) is 6.61 Å². The van der Waals surface area contributed by atoms with Crippen LogP contribution in [0.15, 0.2) is 24.3 Å². The van der Waals surface area contributed by atoms with Gasteiger partial charge in [0.05, 0.1) is 13.7 Å². The zero-order valence-electron chi connectivity index (χ0n) is 10.8. The van der Waals surface area contributed by atoms with Crippen LogP contribution in [0.25, 0.3) is 6.08 Å². The SMILES string of the molecule is COc1cc(/C=C/C(=O)O)ccc1OCCCCO. The van der Waals surface area contributed by atoms with Gasteiger partial charge in [-0.25, -0.2) is 4.79 Å².